The smallest absolute Gasteiger partial charge is 0.134 e. The van der Waals surface area contributed by atoms with Crippen LogP contribution in [0, 0.1) is 18.8 Å². The molecule has 0 amide bonds. The van der Waals surface area contributed by atoms with Gasteiger partial charge in [0.1, 0.15) is 16.8 Å². The first-order valence-electron chi connectivity index (χ1n) is 6.06. The fourth-order valence-corrected chi connectivity index (χ4v) is 2.97. The van der Waals surface area contributed by atoms with Crippen LogP contribution >= 0.6 is 11.6 Å². The molecule has 2 fully saturated rings. The summed E-state index contributed by atoms with van der Waals surface area (Å²) < 4.78 is 5.54. The fourth-order valence-electron chi connectivity index (χ4n) is 2.75. The predicted octanol–water partition coefficient (Wildman–Crippen LogP) is 1.91. The average Bonchev–Trinajstić information content (AvgIpc) is 2.74. The molecule has 5 heteroatoms. The molecular weight excluding hydrogens is 238 g/mol. The number of ether oxygens (including phenoxy) is 1. The summed E-state index contributed by atoms with van der Waals surface area (Å²) in [5.74, 6) is 3.08. The Balaban J connectivity index is 1.80. The van der Waals surface area contributed by atoms with Gasteiger partial charge in [-0.15, -0.1) is 0 Å². The minimum Gasteiger partial charge on any atom is -0.381 e. The van der Waals surface area contributed by atoms with Gasteiger partial charge in [-0.05, 0) is 19.3 Å². The van der Waals surface area contributed by atoms with E-state index in [1.54, 1.807) is 0 Å². The average molecular weight is 254 g/mol. The number of hydrogen-bond donors (Lipinski definition) is 0. The minimum atomic E-state index is 0.525. The zero-order valence-electron chi connectivity index (χ0n) is 9.90. The number of aromatic nitrogens is 2. The van der Waals surface area contributed by atoms with Crippen LogP contribution in [0.4, 0.5) is 5.82 Å². The molecule has 92 valence electrons. The van der Waals surface area contributed by atoms with Crippen molar-refractivity contribution in [3.63, 3.8) is 0 Å². The molecule has 0 N–H and O–H groups in total. The Hall–Kier alpha value is -0.870. The maximum absolute atomic E-state index is 5.98. The molecule has 17 heavy (non-hydrogen) atoms. The van der Waals surface area contributed by atoms with Crippen molar-refractivity contribution < 1.29 is 4.74 Å². The van der Waals surface area contributed by atoms with Crippen molar-refractivity contribution in [3.05, 3.63) is 17.0 Å². The van der Waals surface area contributed by atoms with Crippen LogP contribution in [0.1, 0.15) is 12.2 Å². The molecule has 3 heterocycles. The summed E-state index contributed by atoms with van der Waals surface area (Å²) >= 11 is 5.98. The predicted molar refractivity (Wildman–Crippen MR) is 66.4 cm³/mol. The van der Waals surface area contributed by atoms with Gasteiger partial charge in [-0.25, -0.2) is 9.97 Å². The second kappa shape index (κ2) is 4.42. The van der Waals surface area contributed by atoms with Gasteiger partial charge in [0.05, 0.1) is 6.61 Å². The Morgan fingerprint density at radius 2 is 2.18 bits per heavy atom. The van der Waals surface area contributed by atoms with Crippen LogP contribution in [0.25, 0.3) is 0 Å². The van der Waals surface area contributed by atoms with E-state index in [0.717, 1.165) is 43.9 Å². The van der Waals surface area contributed by atoms with Crippen LogP contribution in [0.5, 0.6) is 0 Å². The molecule has 3 rings (SSSR count). The molecule has 0 aromatic carbocycles. The molecule has 2 atom stereocenters. The highest BCUT2D eigenvalue weighted by Gasteiger charge is 2.34. The van der Waals surface area contributed by atoms with Crippen LogP contribution in [0.15, 0.2) is 6.07 Å². The van der Waals surface area contributed by atoms with Gasteiger partial charge < -0.3 is 9.64 Å². The molecule has 0 bridgehead atoms. The number of hydrogen-bond acceptors (Lipinski definition) is 4. The lowest BCUT2D eigenvalue weighted by Crippen LogP contribution is -2.40. The quantitative estimate of drug-likeness (QED) is 0.717. The van der Waals surface area contributed by atoms with Crippen molar-refractivity contribution in [1.29, 1.82) is 0 Å². The summed E-state index contributed by atoms with van der Waals surface area (Å²) in [7, 11) is 0. The van der Waals surface area contributed by atoms with E-state index in [9.17, 15) is 0 Å². The summed E-state index contributed by atoms with van der Waals surface area (Å²) in [5.41, 5.74) is 0. The molecular formula is C12H16ClN3O. The number of anilines is 1. The molecule has 2 saturated heterocycles. The highest BCUT2D eigenvalue weighted by atomic mass is 35.5. The first-order valence-corrected chi connectivity index (χ1v) is 6.44. The SMILES string of the molecule is Cc1nc(Cl)cc(N2CC[C@H]3COC[C@H]3C2)n1. The number of halogens is 1. The molecule has 1 aromatic heterocycles. The lowest BCUT2D eigenvalue weighted by Gasteiger charge is -2.34. The maximum Gasteiger partial charge on any atom is 0.134 e. The van der Waals surface area contributed by atoms with E-state index in [4.69, 9.17) is 16.3 Å². The van der Waals surface area contributed by atoms with Crippen LogP contribution in [-0.4, -0.2) is 36.3 Å². The van der Waals surface area contributed by atoms with Gasteiger partial charge in [0, 0.05) is 31.7 Å². The minimum absolute atomic E-state index is 0.525. The molecule has 2 aliphatic heterocycles. The number of rotatable bonds is 1. The summed E-state index contributed by atoms with van der Waals surface area (Å²) in [5, 5.41) is 0.525. The van der Waals surface area contributed by atoms with E-state index in [2.05, 4.69) is 14.9 Å². The molecule has 0 saturated carbocycles. The Kier molecular flexibility index (Phi) is 2.92. The summed E-state index contributed by atoms with van der Waals surface area (Å²) in [6.07, 6.45) is 1.19. The summed E-state index contributed by atoms with van der Waals surface area (Å²) in [6, 6.07) is 1.85. The van der Waals surface area contributed by atoms with Gasteiger partial charge in [0.25, 0.3) is 0 Å². The summed E-state index contributed by atoms with van der Waals surface area (Å²) in [4.78, 5) is 10.9. The number of fused-ring (bicyclic) bond motifs is 1. The zero-order valence-corrected chi connectivity index (χ0v) is 10.7. The monoisotopic (exact) mass is 253 g/mol. The van der Waals surface area contributed by atoms with Gasteiger partial charge in [0.2, 0.25) is 0 Å². The molecule has 0 unspecified atom stereocenters. The van der Waals surface area contributed by atoms with E-state index in [1.165, 1.54) is 6.42 Å². The van der Waals surface area contributed by atoms with E-state index in [-0.39, 0.29) is 0 Å². The van der Waals surface area contributed by atoms with Crippen molar-refractivity contribution >= 4 is 17.4 Å². The Bertz CT molecular complexity index is 406. The first-order chi connectivity index (χ1) is 8.22. The number of piperidine rings is 1. The normalized spacial score (nSPS) is 28.2. The third kappa shape index (κ3) is 2.24. The molecule has 2 aliphatic rings. The Morgan fingerprint density at radius 1 is 1.35 bits per heavy atom. The van der Waals surface area contributed by atoms with Crippen LogP contribution in [-0.2, 0) is 4.74 Å². The van der Waals surface area contributed by atoms with E-state index >= 15 is 0 Å². The maximum atomic E-state index is 5.98. The molecule has 0 radical (unpaired) electrons. The lowest BCUT2D eigenvalue weighted by molar-refractivity contribution is 0.182. The Labute approximate surface area is 106 Å². The van der Waals surface area contributed by atoms with Crippen LogP contribution in [0.2, 0.25) is 5.15 Å². The fraction of sp³-hybridized carbons (Fsp3) is 0.667. The Morgan fingerprint density at radius 3 is 3.00 bits per heavy atom. The van der Waals surface area contributed by atoms with E-state index < -0.39 is 0 Å². The first kappa shape index (κ1) is 11.2. The standard InChI is InChI=1S/C12H16ClN3O/c1-8-14-11(13)4-12(15-8)16-3-2-9-6-17-7-10(9)5-16/h4,9-10H,2-3,5-7H2,1H3/t9-,10+/m0/s1. The van der Waals surface area contributed by atoms with Crippen LogP contribution in [0.3, 0.4) is 0 Å². The van der Waals surface area contributed by atoms with Crippen molar-refractivity contribution in [2.75, 3.05) is 31.2 Å². The largest absolute Gasteiger partial charge is 0.381 e. The van der Waals surface area contributed by atoms with Crippen LogP contribution < -0.4 is 4.90 Å². The van der Waals surface area contributed by atoms with Gasteiger partial charge in [-0.1, -0.05) is 11.6 Å². The van der Waals surface area contributed by atoms with E-state index in [0.29, 0.717) is 11.1 Å². The lowest BCUT2D eigenvalue weighted by atomic mass is 9.89. The number of nitrogens with zero attached hydrogens (tertiary/aromatic N) is 3. The van der Waals surface area contributed by atoms with Crippen molar-refractivity contribution in [1.82, 2.24) is 9.97 Å². The molecule has 0 spiro atoms. The highest BCUT2D eigenvalue weighted by Crippen LogP contribution is 2.31. The second-order valence-corrected chi connectivity index (χ2v) is 5.28. The third-order valence-corrected chi connectivity index (χ3v) is 3.87. The van der Waals surface area contributed by atoms with Crippen molar-refractivity contribution in [3.8, 4) is 0 Å². The highest BCUT2D eigenvalue weighted by molar-refractivity contribution is 6.29. The summed E-state index contributed by atoms with van der Waals surface area (Å²) in [6.45, 7) is 5.76. The molecule has 1 aromatic rings. The van der Waals surface area contributed by atoms with Crippen molar-refractivity contribution in [2.45, 2.75) is 13.3 Å². The second-order valence-electron chi connectivity index (χ2n) is 4.89. The third-order valence-electron chi connectivity index (χ3n) is 3.67. The van der Waals surface area contributed by atoms with Gasteiger partial charge in [-0.2, -0.15) is 0 Å². The van der Waals surface area contributed by atoms with Crippen molar-refractivity contribution in [2.24, 2.45) is 11.8 Å². The topological polar surface area (TPSA) is 38.2 Å². The molecule has 0 aliphatic carbocycles. The van der Waals surface area contributed by atoms with Gasteiger partial charge in [-0.3, -0.25) is 0 Å². The molecule has 4 nitrogen and oxygen atoms in total. The van der Waals surface area contributed by atoms with E-state index in [1.807, 2.05) is 13.0 Å². The number of aryl methyl sites for hydroxylation is 1. The zero-order chi connectivity index (χ0) is 11.8. The van der Waals surface area contributed by atoms with Gasteiger partial charge in [0.15, 0.2) is 0 Å². The van der Waals surface area contributed by atoms with Gasteiger partial charge >= 0.3 is 0 Å².